The highest BCUT2D eigenvalue weighted by Gasteiger charge is 2.13. The molecule has 0 spiro atoms. The number of pyridine rings is 1. The summed E-state index contributed by atoms with van der Waals surface area (Å²) in [4.78, 5) is 10.4. The van der Waals surface area contributed by atoms with Gasteiger partial charge in [-0.3, -0.25) is 9.98 Å². The number of halogens is 1. The van der Waals surface area contributed by atoms with E-state index < -0.39 is 10.0 Å². The minimum absolute atomic E-state index is 0.140. The van der Waals surface area contributed by atoms with Crippen LogP contribution in [-0.2, 0) is 16.6 Å². The zero-order valence-corrected chi connectivity index (χ0v) is 17.0. The summed E-state index contributed by atoms with van der Waals surface area (Å²) in [6.07, 6.45) is 2.85. The standard InChI is InChI=1S/C18H24ClN5O2S/c1-3-21-18(24(2)14-15-6-8-16(19)9-7-15)22-11-12-23-27(25,26)17-5-4-10-20-13-17/h4-10,13,23H,3,11-12,14H2,1-2H3,(H,21,22). The summed E-state index contributed by atoms with van der Waals surface area (Å²) >= 11 is 5.92. The molecular weight excluding hydrogens is 386 g/mol. The zero-order valence-electron chi connectivity index (χ0n) is 15.4. The first-order chi connectivity index (χ1) is 12.9. The van der Waals surface area contributed by atoms with Crippen LogP contribution in [0.1, 0.15) is 12.5 Å². The molecule has 2 rings (SSSR count). The highest BCUT2D eigenvalue weighted by Crippen LogP contribution is 2.11. The van der Waals surface area contributed by atoms with Gasteiger partial charge in [0.15, 0.2) is 5.96 Å². The van der Waals surface area contributed by atoms with Crippen LogP contribution in [0, 0.1) is 0 Å². The summed E-state index contributed by atoms with van der Waals surface area (Å²) in [6, 6.07) is 10.7. The minimum Gasteiger partial charge on any atom is -0.357 e. The molecule has 1 aromatic heterocycles. The van der Waals surface area contributed by atoms with Gasteiger partial charge in [-0.2, -0.15) is 0 Å². The molecule has 0 saturated carbocycles. The normalized spacial score (nSPS) is 12.0. The van der Waals surface area contributed by atoms with Crippen molar-refractivity contribution in [3.8, 4) is 0 Å². The lowest BCUT2D eigenvalue weighted by atomic mass is 10.2. The van der Waals surface area contributed by atoms with Crippen LogP contribution in [0.3, 0.4) is 0 Å². The highest BCUT2D eigenvalue weighted by molar-refractivity contribution is 7.89. The van der Waals surface area contributed by atoms with Gasteiger partial charge >= 0.3 is 0 Å². The first-order valence-electron chi connectivity index (χ1n) is 8.56. The van der Waals surface area contributed by atoms with E-state index in [-0.39, 0.29) is 11.4 Å². The maximum atomic E-state index is 12.2. The lowest BCUT2D eigenvalue weighted by Gasteiger charge is -2.22. The fraction of sp³-hybridized carbons (Fsp3) is 0.333. The molecule has 1 heterocycles. The first-order valence-corrected chi connectivity index (χ1v) is 10.4. The van der Waals surface area contributed by atoms with Crippen LogP contribution in [0.4, 0.5) is 0 Å². The predicted molar refractivity (Wildman–Crippen MR) is 108 cm³/mol. The quantitative estimate of drug-likeness (QED) is 0.396. The number of rotatable bonds is 8. The molecule has 1 aromatic carbocycles. The topological polar surface area (TPSA) is 86.7 Å². The fourth-order valence-corrected chi connectivity index (χ4v) is 3.45. The van der Waals surface area contributed by atoms with Crippen molar-refractivity contribution in [3.05, 3.63) is 59.4 Å². The van der Waals surface area contributed by atoms with Crippen molar-refractivity contribution >= 4 is 27.6 Å². The lowest BCUT2D eigenvalue weighted by molar-refractivity contribution is 0.477. The summed E-state index contributed by atoms with van der Waals surface area (Å²) in [6.45, 7) is 3.86. The molecule has 0 unspecified atom stereocenters. The SMILES string of the molecule is CCNC(=NCCNS(=O)(=O)c1cccnc1)N(C)Cc1ccc(Cl)cc1. The molecule has 0 fully saturated rings. The van der Waals surface area contributed by atoms with Crippen LogP contribution in [0.25, 0.3) is 0 Å². The Balaban J connectivity index is 1.93. The Hall–Kier alpha value is -2.16. The summed E-state index contributed by atoms with van der Waals surface area (Å²) in [7, 11) is -1.65. The maximum absolute atomic E-state index is 12.2. The van der Waals surface area contributed by atoms with Crippen LogP contribution in [0.5, 0.6) is 0 Å². The van der Waals surface area contributed by atoms with E-state index in [1.807, 2.05) is 43.1 Å². The lowest BCUT2D eigenvalue weighted by Crippen LogP contribution is -2.39. The molecule has 146 valence electrons. The monoisotopic (exact) mass is 409 g/mol. The molecule has 7 nitrogen and oxygen atoms in total. The molecular formula is C18H24ClN5O2S. The predicted octanol–water partition coefficient (Wildman–Crippen LogP) is 2.11. The van der Waals surface area contributed by atoms with Crippen molar-refractivity contribution in [2.45, 2.75) is 18.4 Å². The van der Waals surface area contributed by atoms with Gasteiger partial charge in [0.25, 0.3) is 0 Å². The van der Waals surface area contributed by atoms with Gasteiger partial charge in [-0.25, -0.2) is 13.1 Å². The number of hydrogen-bond acceptors (Lipinski definition) is 4. The molecule has 2 N–H and O–H groups in total. The van der Waals surface area contributed by atoms with E-state index in [1.165, 1.54) is 18.5 Å². The Morgan fingerprint density at radius 2 is 2.00 bits per heavy atom. The Kier molecular flexibility index (Phi) is 8.02. The molecule has 0 radical (unpaired) electrons. The third kappa shape index (κ3) is 6.82. The van der Waals surface area contributed by atoms with E-state index in [0.717, 1.165) is 5.56 Å². The van der Waals surface area contributed by atoms with E-state index in [4.69, 9.17) is 11.6 Å². The third-order valence-corrected chi connectivity index (χ3v) is 5.34. The van der Waals surface area contributed by atoms with Gasteiger partial charge in [0.05, 0.1) is 6.54 Å². The van der Waals surface area contributed by atoms with Crippen molar-refractivity contribution in [1.82, 2.24) is 19.9 Å². The Morgan fingerprint density at radius 1 is 1.26 bits per heavy atom. The van der Waals surface area contributed by atoms with Gasteiger partial charge in [0, 0.05) is 44.1 Å². The summed E-state index contributed by atoms with van der Waals surface area (Å²) in [5, 5.41) is 3.90. The van der Waals surface area contributed by atoms with Crippen LogP contribution in [-0.4, -0.2) is 50.9 Å². The highest BCUT2D eigenvalue weighted by atomic mass is 35.5. The van der Waals surface area contributed by atoms with Crippen LogP contribution >= 0.6 is 11.6 Å². The van der Waals surface area contributed by atoms with Gasteiger partial charge in [0.1, 0.15) is 4.90 Å². The van der Waals surface area contributed by atoms with Crippen LogP contribution < -0.4 is 10.0 Å². The smallest absolute Gasteiger partial charge is 0.242 e. The number of guanidine groups is 1. The first kappa shape index (κ1) is 21.1. The number of hydrogen-bond donors (Lipinski definition) is 2. The summed E-state index contributed by atoms with van der Waals surface area (Å²) in [5.41, 5.74) is 1.10. The summed E-state index contributed by atoms with van der Waals surface area (Å²) < 4.78 is 26.9. The molecule has 0 atom stereocenters. The largest absolute Gasteiger partial charge is 0.357 e. The maximum Gasteiger partial charge on any atom is 0.242 e. The number of benzene rings is 1. The van der Waals surface area contributed by atoms with Crippen molar-refractivity contribution in [1.29, 1.82) is 0 Å². The Labute approximate surface area is 165 Å². The van der Waals surface area contributed by atoms with Gasteiger partial charge in [-0.1, -0.05) is 23.7 Å². The van der Waals surface area contributed by atoms with E-state index in [9.17, 15) is 8.42 Å². The second-order valence-corrected chi connectivity index (χ2v) is 8.01. The molecule has 0 aliphatic carbocycles. The molecule has 0 aliphatic rings. The van der Waals surface area contributed by atoms with Gasteiger partial charge in [0.2, 0.25) is 10.0 Å². The van der Waals surface area contributed by atoms with Crippen LogP contribution in [0.15, 0.2) is 58.7 Å². The fourth-order valence-electron chi connectivity index (χ4n) is 2.34. The number of nitrogens with zero attached hydrogens (tertiary/aromatic N) is 3. The molecule has 0 amide bonds. The van der Waals surface area contributed by atoms with E-state index in [2.05, 4.69) is 20.0 Å². The van der Waals surface area contributed by atoms with E-state index in [1.54, 1.807) is 6.07 Å². The van der Waals surface area contributed by atoms with Gasteiger partial charge in [-0.15, -0.1) is 0 Å². The Morgan fingerprint density at radius 3 is 2.63 bits per heavy atom. The van der Waals surface area contributed by atoms with Gasteiger partial charge < -0.3 is 10.2 Å². The number of sulfonamides is 1. The third-order valence-electron chi connectivity index (χ3n) is 3.64. The molecule has 0 bridgehead atoms. The second kappa shape index (κ2) is 10.2. The van der Waals surface area contributed by atoms with E-state index >= 15 is 0 Å². The van der Waals surface area contributed by atoms with Crippen LogP contribution in [0.2, 0.25) is 5.02 Å². The molecule has 0 aliphatic heterocycles. The number of nitrogens with one attached hydrogen (secondary N) is 2. The number of aromatic nitrogens is 1. The minimum atomic E-state index is -3.57. The molecule has 2 aromatic rings. The van der Waals surface area contributed by atoms with Crippen molar-refractivity contribution in [2.75, 3.05) is 26.7 Å². The Bertz CT molecular complexity index is 842. The van der Waals surface area contributed by atoms with E-state index in [0.29, 0.717) is 30.6 Å². The molecule has 0 saturated heterocycles. The average molecular weight is 410 g/mol. The summed E-state index contributed by atoms with van der Waals surface area (Å²) in [5.74, 6) is 0.702. The van der Waals surface area contributed by atoms with Gasteiger partial charge in [-0.05, 0) is 36.8 Å². The van der Waals surface area contributed by atoms with Crippen molar-refractivity contribution in [2.24, 2.45) is 4.99 Å². The second-order valence-electron chi connectivity index (χ2n) is 5.80. The van der Waals surface area contributed by atoms with Crippen molar-refractivity contribution < 1.29 is 8.42 Å². The zero-order chi connectivity index (χ0) is 19.7. The van der Waals surface area contributed by atoms with Crippen molar-refractivity contribution in [3.63, 3.8) is 0 Å². The molecule has 9 heteroatoms. The number of aliphatic imine (C=N–C) groups is 1. The average Bonchev–Trinajstić information content (AvgIpc) is 2.66. The molecule has 27 heavy (non-hydrogen) atoms.